The third kappa shape index (κ3) is 4.89. The number of aromatic nitrogens is 3. The number of nitrogens with zero attached hydrogens (tertiary/aromatic N) is 4. The van der Waals surface area contributed by atoms with E-state index in [2.05, 4.69) is 51.0 Å². The van der Waals surface area contributed by atoms with E-state index in [1.54, 1.807) is 0 Å². The topological polar surface area (TPSA) is 63.1 Å². The first-order chi connectivity index (χ1) is 12.1. The smallest absolute Gasteiger partial charge is 0.220 e. The molecule has 1 amide bonds. The predicted molar refractivity (Wildman–Crippen MR) is 96.7 cm³/mol. The Labute approximate surface area is 149 Å². The maximum atomic E-state index is 11.8. The molecule has 1 aliphatic heterocycles. The second kappa shape index (κ2) is 8.25. The summed E-state index contributed by atoms with van der Waals surface area (Å²) >= 11 is 0. The molecule has 0 aromatic carbocycles. The fourth-order valence-electron chi connectivity index (χ4n) is 3.34. The van der Waals surface area contributed by atoms with E-state index in [1.807, 2.05) is 24.5 Å². The minimum Gasteiger partial charge on any atom is -0.356 e. The van der Waals surface area contributed by atoms with Crippen LogP contribution in [0.1, 0.15) is 44.1 Å². The summed E-state index contributed by atoms with van der Waals surface area (Å²) in [7, 11) is 0. The lowest BCUT2D eigenvalue weighted by Crippen LogP contribution is -2.39. The summed E-state index contributed by atoms with van der Waals surface area (Å²) in [5.74, 6) is 0.526. The van der Waals surface area contributed by atoms with Crippen LogP contribution in [0.2, 0.25) is 0 Å². The molecule has 0 aliphatic carbocycles. The molecule has 1 atom stereocenters. The zero-order valence-corrected chi connectivity index (χ0v) is 15.1. The third-order valence-electron chi connectivity index (χ3n) is 4.46. The monoisotopic (exact) mass is 341 g/mol. The molecule has 6 nitrogen and oxygen atoms in total. The maximum Gasteiger partial charge on any atom is 0.220 e. The summed E-state index contributed by atoms with van der Waals surface area (Å²) in [5, 5.41) is 7.53. The fraction of sp³-hybridized carbons (Fsp3) is 0.526. The molecule has 1 N–H and O–H groups in total. The first-order valence-electron chi connectivity index (χ1n) is 9.03. The van der Waals surface area contributed by atoms with Crippen LogP contribution in [0.15, 0.2) is 36.7 Å². The van der Waals surface area contributed by atoms with Crippen LogP contribution in [0.4, 0.5) is 0 Å². The Kier molecular flexibility index (Phi) is 5.81. The summed E-state index contributed by atoms with van der Waals surface area (Å²) in [4.78, 5) is 18.7. The van der Waals surface area contributed by atoms with Crippen molar-refractivity contribution in [2.24, 2.45) is 5.92 Å². The van der Waals surface area contributed by atoms with Crippen molar-refractivity contribution in [3.8, 4) is 0 Å². The van der Waals surface area contributed by atoms with Gasteiger partial charge < -0.3 is 5.32 Å². The highest BCUT2D eigenvalue weighted by Gasteiger charge is 2.25. The number of rotatable bonds is 7. The zero-order valence-electron chi connectivity index (χ0n) is 15.1. The van der Waals surface area contributed by atoms with Crippen LogP contribution in [0.3, 0.4) is 0 Å². The Morgan fingerprint density at radius 2 is 2.20 bits per heavy atom. The van der Waals surface area contributed by atoms with Crippen molar-refractivity contribution in [2.75, 3.05) is 13.1 Å². The molecule has 0 radical (unpaired) electrons. The second-order valence-corrected chi connectivity index (χ2v) is 7.15. The highest BCUT2D eigenvalue weighted by Crippen LogP contribution is 2.23. The second-order valence-electron chi connectivity index (χ2n) is 7.15. The van der Waals surface area contributed by atoms with Crippen molar-refractivity contribution in [2.45, 2.75) is 45.8 Å². The van der Waals surface area contributed by atoms with Crippen molar-refractivity contribution < 1.29 is 4.79 Å². The zero-order chi connectivity index (χ0) is 17.6. The molecule has 0 fully saturated rings. The van der Waals surface area contributed by atoms with Gasteiger partial charge in [-0.25, -0.2) is 0 Å². The van der Waals surface area contributed by atoms with Crippen molar-refractivity contribution >= 4 is 5.91 Å². The van der Waals surface area contributed by atoms with Gasteiger partial charge in [-0.2, -0.15) is 5.10 Å². The van der Waals surface area contributed by atoms with Crippen molar-refractivity contribution in [1.82, 2.24) is 25.0 Å². The Morgan fingerprint density at radius 1 is 1.32 bits per heavy atom. The van der Waals surface area contributed by atoms with E-state index in [4.69, 9.17) is 0 Å². The number of carbonyl (C=O) groups excluding carboxylic acids is 1. The summed E-state index contributed by atoms with van der Waals surface area (Å²) in [5.41, 5.74) is 2.31. The molecule has 1 aliphatic rings. The van der Waals surface area contributed by atoms with E-state index in [9.17, 15) is 4.79 Å². The van der Waals surface area contributed by atoms with Crippen molar-refractivity contribution in [3.63, 3.8) is 0 Å². The molecule has 0 bridgehead atoms. The molecule has 0 spiro atoms. The Balaban J connectivity index is 1.58. The summed E-state index contributed by atoms with van der Waals surface area (Å²) in [6.07, 6.45) is 5.18. The van der Waals surface area contributed by atoms with Gasteiger partial charge in [-0.3, -0.25) is 19.4 Å². The summed E-state index contributed by atoms with van der Waals surface area (Å²) < 4.78 is 2.11. The number of carbonyl (C=O) groups is 1. The van der Waals surface area contributed by atoms with Gasteiger partial charge in [-0.15, -0.1) is 0 Å². The van der Waals surface area contributed by atoms with E-state index >= 15 is 0 Å². The third-order valence-corrected chi connectivity index (χ3v) is 4.46. The van der Waals surface area contributed by atoms with Crippen molar-refractivity contribution in [3.05, 3.63) is 48.0 Å². The molecule has 134 valence electrons. The van der Waals surface area contributed by atoms with E-state index in [0.717, 1.165) is 31.7 Å². The van der Waals surface area contributed by atoms with Gasteiger partial charge >= 0.3 is 0 Å². The predicted octanol–water partition coefficient (Wildman–Crippen LogP) is 2.39. The minimum absolute atomic E-state index is 0.136. The van der Waals surface area contributed by atoms with Crippen molar-refractivity contribution in [1.29, 1.82) is 0 Å². The lowest BCUT2D eigenvalue weighted by atomic mass is 10.1. The fourth-order valence-corrected chi connectivity index (χ4v) is 3.34. The number of amides is 1. The quantitative estimate of drug-likeness (QED) is 0.840. The number of pyridine rings is 1. The lowest BCUT2D eigenvalue weighted by molar-refractivity contribution is -0.121. The van der Waals surface area contributed by atoms with Gasteiger partial charge in [0.1, 0.15) is 0 Å². The average molecular weight is 341 g/mol. The molecule has 2 aromatic rings. The standard InChI is InChI=1S/C19H27N5O/c1-15(2)11-19(25)21-9-6-17-13-23(12-16-5-3-4-8-20-16)14-18-7-10-22-24(17)18/h3-5,7-8,10,15,17H,6,9,11-14H2,1-2H3,(H,21,25). The highest BCUT2D eigenvalue weighted by molar-refractivity contribution is 5.75. The molecule has 6 heteroatoms. The van der Waals surface area contributed by atoms with Crippen LogP contribution in [-0.2, 0) is 17.9 Å². The first kappa shape index (κ1) is 17.6. The van der Waals surface area contributed by atoms with Gasteiger partial charge in [0.2, 0.25) is 5.91 Å². The van der Waals surface area contributed by atoms with Crippen LogP contribution in [0.5, 0.6) is 0 Å². The van der Waals surface area contributed by atoms with Gasteiger partial charge in [0.25, 0.3) is 0 Å². The normalized spacial score (nSPS) is 17.5. The Hall–Kier alpha value is -2.21. The highest BCUT2D eigenvalue weighted by atomic mass is 16.1. The SMILES string of the molecule is CC(C)CC(=O)NCCC1CN(Cc2ccccn2)Cc2ccnn21. The van der Waals surface area contributed by atoms with Crippen LogP contribution >= 0.6 is 0 Å². The van der Waals surface area contributed by atoms with Crippen LogP contribution < -0.4 is 5.32 Å². The Morgan fingerprint density at radius 3 is 2.96 bits per heavy atom. The lowest BCUT2D eigenvalue weighted by Gasteiger charge is -2.33. The molecule has 0 saturated carbocycles. The average Bonchev–Trinajstić information content (AvgIpc) is 3.03. The van der Waals surface area contributed by atoms with E-state index in [0.29, 0.717) is 18.9 Å². The first-order valence-corrected chi connectivity index (χ1v) is 9.03. The molecule has 1 unspecified atom stereocenters. The molecular formula is C19H27N5O. The number of nitrogens with one attached hydrogen (secondary N) is 1. The summed E-state index contributed by atoms with van der Waals surface area (Å²) in [6.45, 7) is 7.45. The van der Waals surface area contributed by atoms with Crippen LogP contribution in [0.25, 0.3) is 0 Å². The van der Waals surface area contributed by atoms with E-state index < -0.39 is 0 Å². The van der Waals surface area contributed by atoms with Gasteiger partial charge in [-0.05, 0) is 30.5 Å². The summed E-state index contributed by atoms with van der Waals surface area (Å²) in [6, 6.07) is 8.39. The number of hydrogen-bond acceptors (Lipinski definition) is 4. The minimum atomic E-state index is 0.136. The molecule has 3 heterocycles. The molecule has 2 aromatic heterocycles. The molecular weight excluding hydrogens is 314 g/mol. The molecule has 0 saturated heterocycles. The molecule has 25 heavy (non-hydrogen) atoms. The number of hydrogen-bond donors (Lipinski definition) is 1. The van der Waals surface area contributed by atoms with E-state index in [1.165, 1.54) is 5.69 Å². The van der Waals surface area contributed by atoms with Crippen LogP contribution in [0, 0.1) is 5.92 Å². The van der Waals surface area contributed by atoms with Gasteiger partial charge in [0.05, 0.1) is 17.4 Å². The Bertz CT molecular complexity index is 682. The maximum absolute atomic E-state index is 11.8. The van der Waals surface area contributed by atoms with Gasteiger partial charge in [0, 0.05) is 45.0 Å². The molecule has 3 rings (SSSR count). The van der Waals surface area contributed by atoms with Crippen LogP contribution in [-0.4, -0.2) is 38.7 Å². The largest absolute Gasteiger partial charge is 0.356 e. The number of fused-ring (bicyclic) bond motifs is 1. The van der Waals surface area contributed by atoms with E-state index in [-0.39, 0.29) is 11.9 Å². The van der Waals surface area contributed by atoms with Gasteiger partial charge in [0.15, 0.2) is 0 Å². The van der Waals surface area contributed by atoms with Gasteiger partial charge in [-0.1, -0.05) is 19.9 Å².